The summed E-state index contributed by atoms with van der Waals surface area (Å²) < 4.78 is 18.4. The first-order chi connectivity index (χ1) is 11.2. The fourth-order valence-electron chi connectivity index (χ4n) is 3.56. The van der Waals surface area contributed by atoms with Gasteiger partial charge in [-0.25, -0.2) is 4.39 Å². The van der Waals surface area contributed by atoms with E-state index in [1.54, 1.807) is 12.1 Å². The van der Waals surface area contributed by atoms with Gasteiger partial charge in [0.15, 0.2) is 0 Å². The van der Waals surface area contributed by atoms with E-state index < -0.39 is 6.10 Å². The molecule has 128 valence electrons. The number of nitrogens with zero attached hydrogens (tertiary/aromatic N) is 1. The number of rotatable bonds is 8. The van der Waals surface area contributed by atoms with E-state index in [1.165, 1.54) is 57.1 Å². The lowest BCUT2D eigenvalue weighted by Crippen LogP contribution is -2.40. The zero-order valence-corrected chi connectivity index (χ0v) is 13.8. The largest absolute Gasteiger partial charge is 0.491 e. The highest BCUT2D eigenvalue weighted by Crippen LogP contribution is 2.31. The summed E-state index contributed by atoms with van der Waals surface area (Å²) in [6, 6.07) is 6.62. The van der Waals surface area contributed by atoms with Gasteiger partial charge in [0.1, 0.15) is 24.3 Å². The van der Waals surface area contributed by atoms with E-state index in [2.05, 4.69) is 4.90 Å². The van der Waals surface area contributed by atoms with Crippen LogP contribution in [0.25, 0.3) is 0 Å². The van der Waals surface area contributed by atoms with Gasteiger partial charge in [-0.2, -0.15) is 0 Å². The van der Waals surface area contributed by atoms with Crippen LogP contribution in [0.2, 0.25) is 0 Å². The number of benzene rings is 1. The molecule has 1 aromatic carbocycles. The summed E-state index contributed by atoms with van der Waals surface area (Å²) in [6.45, 7) is 2.07. The molecule has 0 saturated heterocycles. The highest BCUT2D eigenvalue weighted by molar-refractivity contribution is 5.22. The van der Waals surface area contributed by atoms with Crippen LogP contribution in [-0.2, 0) is 0 Å². The maximum Gasteiger partial charge on any atom is 0.123 e. The van der Waals surface area contributed by atoms with Gasteiger partial charge in [0.25, 0.3) is 0 Å². The summed E-state index contributed by atoms with van der Waals surface area (Å²) in [4.78, 5) is 2.47. The van der Waals surface area contributed by atoms with Gasteiger partial charge in [-0.15, -0.1) is 0 Å². The molecule has 1 N–H and O–H groups in total. The molecule has 0 bridgehead atoms. The Balaban J connectivity index is 1.44. The lowest BCUT2D eigenvalue weighted by atomic mass is 9.89. The monoisotopic (exact) mass is 321 g/mol. The van der Waals surface area contributed by atoms with Crippen molar-refractivity contribution in [3.63, 3.8) is 0 Å². The quantitative estimate of drug-likeness (QED) is 0.794. The van der Waals surface area contributed by atoms with Gasteiger partial charge >= 0.3 is 0 Å². The van der Waals surface area contributed by atoms with Crippen LogP contribution in [0.3, 0.4) is 0 Å². The Morgan fingerprint density at radius 1 is 1.09 bits per heavy atom. The van der Waals surface area contributed by atoms with Gasteiger partial charge in [0.2, 0.25) is 0 Å². The molecule has 2 fully saturated rings. The van der Waals surface area contributed by atoms with Crippen molar-refractivity contribution in [1.82, 2.24) is 4.90 Å². The van der Waals surface area contributed by atoms with Crippen LogP contribution in [0.5, 0.6) is 5.75 Å². The molecule has 2 aliphatic carbocycles. The number of halogens is 1. The molecule has 2 aliphatic rings. The van der Waals surface area contributed by atoms with Crippen LogP contribution in [0, 0.1) is 11.7 Å². The SMILES string of the molecule is OC(COc1ccc(F)cc1)CN(CC1CCCCC1)C1CC1. The molecular formula is C19H28FNO2. The van der Waals surface area contributed by atoms with Gasteiger partial charge in [0, 0.05) is 19.1 Å². The van der Waals surface area contributed by atoms with E-state index in [-0.39, 0.29) is 12.4 Å². The average Bonchev–Trinajstić information content (AvgIpc) is 3.40. The summed E-state index contributed by atoms with van der Waals surface area (Å²) in [5.41, 5.74) is 0. The third-order valence-electron chi connectivity index (χ3n) is 4.98. The number of aliphatic hydroxyl groups is 1. The standard InChI is InChI=1S/C19H28FNO2/c20-16-6-10-19(11-7-16)23-14-18(22)13-21(17-8-9-17)12-15-4-2-1-3-5-15/h6-7,10-11,15,17-18,22H,1-5,8-9,12-14H2. The maximum atomic E-state index is 12.9. The van der Waals surface area contributed by atoms with Crippen LogP contribution in [0.15, 0.2) is 24.3 Å². The molecule has 1 aromatic rings. The minimum atomic E-state index is -0.496. The first kappa shape index (κ1) is 16.7. The van der Waals surface area contributed by atoms with Crippen LogP contribution >= 0.6 is 0 Å². The second-order valence-electron chi connectivity index (χ2n) is 7.11. The van der Waals surface area contributed by atoms with E-state index in [4.69, 9.17) is 4.74 Å². The number of hydrogen-bond donors (Lipinski definition) is 1. The summed E-state index contributed by atoms with van der Waals surface area (Å²) >= 11 is 0. The molecule has 1 atom stereocenters. The molecule has 23 heavy (non-hydrogen) atoms. The Bertz CT molecular complexity index is 469. The Kier molecular flexibility index (Phi) is 5.90. The molecule has 0 aliphatic heterocycles. The summed E-state index contributed by atoms with van der Waals surface area (Å²) in [5.74, 6) is 1.13. The van der Waals surface area contributed by atoms with Crippen molar-refractivity contribution in [3.05, 3.63) is 30.1 Å². The smallest absolute Gasteiger partial charge is 0.123 e. The van der Waals surface area contributed by atoms with Crippen molar-refractivity contribution < 1.29 is 14.2 Å². The molecule has 0 heterocycles. The van der Waals surface area contributed by atoms with E-state index in [0.717, 1.165) is 12.5 Å². The van der Waals surface area contributed by atoms with Gasteiger partial charge in [-0.05, 0) is 55.9 Å². The second kappa shape index (κ2) is 8.11. The Morgan fingerprint density at radius 2 is 1.78 bits per heavy atom. The second-order valence-corrected chi connectivity index (χ2v) is 7.11. The first-order valence-electron chi connectivity index (χ1n) is 9.01. The summed E-state index contributed by atoms with van der Waals surface area (Å²) in [5, 5.41) is 10.3. The van der Waals surface area contributed by atoms with Gasteiger partial charge in [0.05, 0.1) is 0 Å². The lowest BCUT2D eigenvalue weighted by molar-refractivity contribution is 0.0566. The normalized spacial score (nSPS) is 20.7. The summed E-state index contributed by atoms with van der Waals surface area (Å²) in [7, 11) is 0. The molecule has 1 unspecified atom stereocenters. The molecule has 4 heteroatoms. The molecule has 0 radical (unpaired) electrons. The van der Waals surface area contributed by atoms with Crippen molar-refractivity contribution in [3.8, 4) is 5.75 Å². The van der Waals surface area contributed by atoms with Crippen LogP contribution < -0.4 is 4.74 Å². The predicted octanol–water partition coefficient (Wildman–Crippen LogP) is 3.61. The van der Waals surface area contributed by atoms with E-state index >= 15 is 0 Å². The average molecular weight is 321 g/mol. The molecule has 3 nitrogen and oxygen atoms in total. The van der Waals surface area contributed by atoms with Crippen molar-refractivity contribution in [1.29, 1.82) is 0 Å². The molecule has 0 aromatic heterocycles. The van der Waals surface area contributed by atoms with Crippen molar-refractivity contribution in [2.75, 3.05) is 19.7 Å². The fourth-order valence-corrected chi connectivity index (χ4v) is 3.56. The first-order valence-corrected chi connectivity index (χ1v) is 9.01. The highest BCUT2D eigenvalue weighted by Gasteiger charge is 2.32. The van der Waals surface area contributed by atoms with Crippen LogP contribution in [0.4, 0.5) is 4.39 Å². The van der Waals surface area contributed by atoms with E-state index in [1.807, 2.05) is 0 Å². The van der Waals surface area contributed by atoms with E-state index in [0.29, 0.717) is 18.3 Å². The maximum absolute atomic E-state index is 12.9. The predicted molar refractivity (Wildman–Crippen MR) is 89.1 cm³/mol. The van der Waals surface area contributed by atoms with Crippen molar-refractivity contribution in [2.24, 2.45) is 5.92 Å². The highest BCUT2D eigenvalue weighted by atomic mass is 19.1. The number of hydrogen-bond acceptors (Lipinski definition) is 3. The Hall–Kier alpha value is -1.13. The third kappa shape index (κ3) is 5.47. The number of ether oxygens (including phenoxy) is 1. The van der Waals surface area contributed by atoms with Crippen LogP contribution in [0.1, 0.15) is 44.9 Å². The van der Waals surface area contributed by atoms with Crippen molar-refractivity contribution >= 4 is 0 Å². The fraction of sp³-hybridized carbons (Fsp3) is 0.684. The van der Waals surface area contributed by atoms with Gasteiger partial charge in [-0.3, -0.25) is 4.90 Å². The minimum Gasteiger partial charge on any atom is -0.491 e. The van der Waals surface area contributed by atoms with E-state index in [9.17, 15) is 9.50 Å². The molecule has 0 spiro atoms. The molecule has 2 saturated carbocycles. The molecular weight excluding hydrogens is 293 g/mol. The third-order valence-corrected chi connectivity index (χ3v) is 4.98. The number of aliphatic hydroxyl groups excluding tert-OH is 1. The van der Waals surface area contributed by atoms with Gasteiger partial charge in [-0.1, -0.05) is 19.3 Å². The van der Waals surface area contributed by atoms with Gasteiger partial charge < -0.3 is 9.84 Å². The van der Waals surface area contributed by atoms with Crippen molar-refractivity contribution in [2.45, 2.75) is 57.1 Å². The Labute approximate surface area is 138 Å². The minimum absolute atomic E-state index is 0.263. The zero-order valence-electron chi connectivity index (χ0n) is 13.8. The molecule has 0 amide bonds. The lowest BCUT2D eigenvalue weighted by Gasteiger charge is -2.31. The molecule has 3 rings (SSSR count). The summed E-state index contributed by atoms with van der Waals surface area (Å²) in [6.07, 6.45) is 8.81. The van der Waals surface area contributed by atoms with Crippen LogP contribution in [-0.4, -0.2) is 41.8 Å². The topological polar surface area (TPSA) is 32.7 Å². The Morgan fingerprint density at radius 3 is 2.43 bits per heavy atom. The zero-order chi connectivity index (χ0) is 16.1.